The number of amides is 1. The number of carbonyl (C=O) groups excluding carboxylic acids is 1. The molecule has 5 heteroatoms. The highest BCUT2D eigenvalue weighted by atomic mass is 16.3. The van der Waals surface area contributed by atoms with Gasteiger partial charge in [0.2, 0.25) is 0 Å². The predicted molar refractivity (Wildman–Crippen MR) is 75.6 cm³/mol. The number of hydrogen-bond acceptors (Lipinski definition) is 4. The Bertz CT molecular complexity index is 492. The molecule has 1 aromatic heterocycles. The first kappa shape index (κ1) is 13.4. The molecule has 2 saturated heterocycles. The lowest BCUT2D eigenvalue weighted by molar-refractivity contribution is 0.0462. The summed E-state index contributed by atoms with van der Waals surface area (Å²) in [7, 11) is 2.20. The minimum Gasteiger partial charge on any atom is -0.505 e. The van der Waals surface area contributed by atoms with Gasteiger partial charge in [-0.2, -0.15) is 0 Å². The molecule has 0 radical (unpaired) electrons. The highest BCUT2D eigenvalue weighted by Gasteiger charge is 2.36. The third kappa shape index (κ3) is 2.50. The molecule has 2 aliphatic rings. The molecule has 2 fully saturated rings. The van der Waals surface area contributed by atoms with Gasteiger partial charge in [-0.25, -0.2) is 0 Å². The second-order valence-electron chi connectivity index (χ2n) is 5.94. The Morgan fingerprint density at radius 3 is 2.75 bits per heavy atom. The van der Waals surface area contributed by atoms with Gasteiger partial charge in [-0.15, -0.1) is 0 Å². The van der Waals surface area contributed by atoms with E-state index in [-0.39, 0.29) is 17.7 Å². The van der Waals surface area contributed by atoms with E-state index >= 15 is 0 Å². The molecule has 3 heterocycles. The molecule has 1 amide bonds. The molecule has 0 spiro atoms. The Morgan fingerprint density at radius 1 is 1.40 bits per heavy atom. The third-order valence-corrected chi connectivity index (χ3v) is 4.72. The van der Waals surface area contributed by atoms with Crippen molar-refractivity contribution in [2.24, 2.45) is 0 Å². The molecular formula is C15H21N3O2. The second kappa shape index (κ2) is 5.40. The topological polar surface area (TPSA) is 65.5 Å². The van der Waals surface area contributed by atoms with E-state index in [4.69, 9.17) is 0 Å². The van der Waals surface area contributed by atoms with Crippen LogP contribution >= 0.6 is 0 Å². The van der Waals surface area contributed by atoms with Crippen LogP contribution in [0.15, 0.2) is 18.5 Å². The van der Waals surface area contributed by atoms with Gasteiger partial charge in [0.05, 0.1) is 11.8 Å². The SMILES string of the molecule is CN1C2CCCC1CC(NC(=O)c1ccncc1O)C2. The van der Waals surface area contributed by atoms with Gasteiger partial charge in [0.25, 0.3) is 5.91 Å². The number of fused-ring (bicyclic) bond motifs is 2. The number of hydrogen-bond donors (Lipinski definition) is 2. The first-order chi connectivity index (χ1) is 9.65. The first-order valence-corrected chi connectivity index (χ1v) is 7.31. The molecule has 20 heavy (non-hydrogen) atoms. The van der Waals surface area contributed by atoms with E-state index in [1.54, 1.807) is 6.07 Å². The summed E-state index contributed by atoms with van der Waals surface area (Å²) in [4.78, 5) is 18.5. The standard InChI is InChI=1S/C15H21N3O2/c1-18-11-3-2-4-12(18)8-10(7-11)17-15(20)13-5-6-16-9-14(13)19/h5-6,9-12,19H,2-4,7-8H2,1H3,(H,17,20). The minimum absolute atomic E-state index is 0.0573. The van der Waals surface area contributed by atoms with Crippen LogP contribution in [0.25, 0.3) is 0 Å². The predicted octanol–water partition coefficient (Wildman–Crippen LogP) is 1.53. The fourth-order valence-electron chi connectivity index (χ4n) is 3.57. The Kier molecular flexibility index (Phi) is 3.61. The van der Waals surface area contributed by atoms with E-state index in [1.165, 1.54) is 31.7 Å². The van der Waals surface area contributed by atoms with Crippen molar-refractivity contribution in [1.82, 2.24) is 15.2 Å². The number of pyridine rings is 1. The monoisotopic (exact) mass is 275 g/mol. The van der Waals surface area contributed by atoms with E-state index in [0.29, 0.717) is 17.6 Å². The molecule has 2 atom stereocenters. The van der Waals surface area contributed by atoms with Crippen molar-refractivity contribution in [1.29, 1.82) is 0 Å². The van der Waals surface area contributed by atoms with Gasteiger partial charge in [0.15, 0.2) is 0 Å². The number of aromatic nitrogens is 1. The molecule has 2 aliphatic heterocycles. The molecule has 0 aromatic carbocycles. The minimum atomic E-state index is -0.197. The maximum Gasteiger partial charge on any atom is 0.255 e. The van der Waals surface area contributed by atoms with E-state index < -0.39 is 0 Å². The highest BCUT2D eigenvalue weighted by molar-refractivity contribution is 5.96. The molecule has 2 unspecified atom stereocenters. The molecular weight excluding hydrogens is 254 g/mol. The third-order valence-electron chi connectivity index (χ3n) is 4.72. The number of rotatable bonds is 2. The van der Waals surface area contributed by atoms with Gasteiger partial charge in [0, 0.05) is 24.3 Å². The zero-order valence-electron chi connectivity index (χ0n) is 11.7. The summed E-state index contributed by atoms with van der Waals surface area (Å²) in [6.45, 7) is 0. The average Bonchev–Trinajstić information content (AvgIpc) is 2.40. The van der Waals surface area contributed by atoms with Crippen LogP contribution in [0, 0.1) is 0 Å². The van der Waals surface area contributed by atoms with E-state index in [0.717, 1.165) is 12.8 Å². The van der Waals surface area contributed by atoms with E-state index in [1.807, 2.05) is 0 Å². The number of nitrogens with one attached hydrogen (secondary N) is 1. The zero-order chi connectivity index (χ0) is 14.1. The average molecular weight is 275 g/mol. The second-order valence-corrected chi connectivity index (χ2v) is 5.94. The van der Waals surface area contributed by atoms with Crippen molar-refractivity contribution < 1.29 is 9.90 Å². The molecule has 2 N–H and O–H groups in total. The van der Waals surface area contributed by atoms with Crippen LogP contribution in [-0.4, -0.2) is 46.1 Å². The molecule has 3 rings (SSSR count). The number of aromatic hydroxyl groups is 1. The van der Waals surface area contributed by atoms with E-state index in [9.17, 15) is 9.90 Å². The van der Waals surface area contributed by atoms with Crippen LogP contribution in [0.4, 0.5) is 0 Å². The fourth-order valence-corrected chi connectivity index (χ4v) is 3.57. The Labute approximate surface area is 119 Å². The summed E-state index contributed by atoms with van der Waals surface area (Å²) < 4.78 is 0. The van der Waals surface area contributed by atoms with Crippen molar-refractivity contribution >= 4 is 5.91 Å². The van der Waals surface area contributed by atoms with Gasteiger partial charge in [0.1, 0.15) is 5.75 Å². The van der Waals surface area contributed by atoms with Crippen molar-refractivity contribution in [3.63, 3.8) is 0 Å². The van der Waals surface area contributed by atoms with Crippen LogP contribution in [-0.2, 0) is 0 Å². The Hall–Kier alpha value is -1.62. The largest absolute Gasteiger partial charge is 0.505 e. The number of nitrogens with zero attached hydrogens (tertiary/aromatic N) is 2. The molecule has 0 aliphatic carbocycles. The van der Waals surface area contributed by atoms with Crippen LogP contribution in [0.1, 0.15) is 42.5 Å². The van der Waals surface area contributed by atoms with Gasteiger partial charge >= 0.3 is 0 Å². The summed E-state index contributed by atoms with van der Waals surface area (Å²) in [5.41, 5.74) is 0.309. The number of carbonyl (C=O) groups is 1. The molecule has 5 nitrogen and oxygen atoms in total. The molecule has 1 aromatic rings. The Balaban J connectivity index is 1.67. The molecule has 2 bridgehead atoms. The fraction of sp³-hybridized carbons (Fsp3) is 0.600. The van der Waals surface area contributed by atoms with Crippen LogP contribution in [0.2, 0.25) is 0 Å². The van der Waals surface area contributed by atoms with Crippen LogP contribution < -0.4 is 5.32 Å². The van der Waals surface area contributed by atoms with Crippen molar-refractivity contribution in [2.45, 2.75) is 50.2 Å². The lowest BCUT2D eigenvalue weighted by Crippen LogP contribution is -2.55. The smallest absolute Gasteiger partial charge is 0.255 e. The van der Waals surface area contributed by atoms with Crippen molar-refractivity contribution in [3.05, 3.63) is 24.0 Å². The van der Waals surface area contributed by atoms with Crippen LogP contribution in [0.3, 0.4) is 0 Å². The van der Waals surface area contributed by atoms with E-state index in [2.05, 4.69) is 22.2 Å². The summed E-state index contributed by atoms with van der Waals surface area (Å²) >= 11 is 0. The summed E-state index contributed by atoms with van der Waals surface area (Å²) in [6.07, 6.45) is 8.58. The molecule has 108 valence electrons. The van der Waals surface area contributed by atoms with Gasteiger partial charge in [-0.05, 0) is 38.8 Å². The maximum absolute atomic E-state index is 12.2. The van der Waals surface area contributed by atoms with Crippen molar-refractivity contribution in [3.8, 4) is 5.75 Å². The Morgan fingerprint density at radius 2 is 2.10 bits per heavy atom. The summed E-state index contributed by atoms with van der Waals surface area (Å²) in [6, 6.07) is 2.93. The summed E-state index contributed by atoms with van der Waals surface area (Å²) in [5.74, 6) is -0.254. The number of piperidine rings is 2. The van der Waals surface area contributed by atoms with Gasteiger partial charge in [-0.1, -0.05) is 6.42 Å². The normalized spacial score (nSPS) is 29.9. The summed E-state index contributed by atoms with van der Waals surface area (Å²) in [5, 5.41) is 12.8. The highest BCUT2D eigenvalue weighted by Crippen LogP contribution is 2.32. The van der Waals surface area contributed by atoms with Gasteiger partial charge < -0.3 is 15.3 Å². The lowest BCUT2D eigenvalue weighted by Gasteiger charge is -2.47. The van der Waals surface area contributed by atoms with Gasteiger partial charge in [-0.3, -0.25) is 9.78 Å². The lowest BCUT2D eigenvalue weighted by atomic mass is 9.82. The first-order valence-electron chi connectivity index (χ1n) is 7.31. The quantitative estimate of drug-likeness (QED) is 0.859. The maximum atomic E-state index is 12.2. The van der Waals surface area contributed by atoms with Crippen molar-refractivity contribution in [2.75, 3.05) is 7.05 Å². The molecule has 0 saturated carbocycles. The zero-order valence-corrected chi connectivity index (χ0v) is 11.7. The van der Waals surface area contributed by atoms with Crippen LogP contribution in [0.5, 0.6) is 5.75 Å².